The van der Waals surface area contributed by atoms with Crippen LogP contribution >= 0.6 is 0 Å². The molecule has 0 bridgehead atoms. The molecule has 0 aliphatic carbocycles. The van der Waals surface area contributed by atoms with E-state index in [0.717, 1.165) is 0 Å². The normalized spacial score (nSPS) is 15.3. The maximum atomic E-state index is 9.27. The zero-order chi connectivity index (χ0) is 8.31. The van der Waals surface area contributed by atoms with Gasteiger partial charge >= 0.3 is 0 Å². The smallest absolute Gasteiger partial charge is 0.0877 e. The molecule has 0 radical (unpaired) electrons. The molecular weight excluding hydrogens is 128 g/mol. The van der Waals surface area contributed by atoms with Crippen LogP contribution in [0.15, 0.2) is 0 Å². The minimum Gasteiger partial charge on any atom is -0.390 e. The third-order valence-electron chi connectivity index (χ3n) is 1.49. The van der Waals surface area contributed by atoms with E-state index in [9.17, 15) is 5.11 Å². The van der Waals surface area contributed by atoms with Gasteiger partial charge in [-0.2, -0.15) is 0 Å². The maximum Gasteiger partial charge on any atom is 0.0877 e. The highest BCUT2D eigenvalue weighted by molar-refractivity contribution is 4.68. The molecular formula is C7H18N2O. The molecule has 3 heteroatoms. The number of hydrogen-bond donors (Lipinski definition) is 1. The number of rotatable bonds is 3. The predicted octanol–water partition coefficient (Wildman–Crippen LogP) is -0.183. The number of likely N-dealkylation sites (N-methyl/N-ethyl adjacent to an activating group) is 2. The molecule has 10 heavy (non-hydrogen) atoms. The molecule has 3 nitrogen and oxygen atoms in total. The molecule has 0 aromatic heterocycles. The van der Waals surface area contributed by atoms with Crippen molar-refractivity contribution in [1.29, 1.82) is 0 Å². The molecule has 1 atom stereocenters. The summed E-state index contributed by atoms with van der Waals surface area (Å²) in [5.74, 6) is 0. The van der Waals surface area contributed by atoms with Crippen LogP contribution in [0.3, 0.4) is 0 Å². The molecule has 0 aromatic carbocycles. The van der Waals surface area contributed by atoms with Gasteiger partial charge in [0.2, 0.25) is 0 Å². The maximum absolute atomic E-state index is 9.27. The summed E-state index contributed by atoms with van der Waals surface area (Å²) in [4.78, 5) is 3.98. The summed E-state index contributed by atoms with van der Waals surface area (Å²) in [5, 5.41) is 9.27. The fraction of sp³-hybridized carbons (Fsp3) is 1.00. The first-order valence-electron chi connectivity index (χ1n) is 3.47. The van der Waals surface area contributed by atoms with Crippen molar-refractivity contribution in [2.75, 3.05) is 28.2 Å². The first kappa shape index (κ1) is 9.88. The van der Waals surface area contributed by atoms with Gasteiger partial charge in [0.15, 0.2) is 0 Å². The van der Waals surface area contributed by atoms with Gasteiger partial charge in [-0.1, -0.05) is 0 Å². The van der Waals surface area contributed by atoms with Crippen molar-refractivity contribution in [2.24, 2.45) is 0 Å². The Balaban J connectivity index is 3.98. The van der Waals surface area contributed by atoms with Crippen LogP contribution in [0.2, 0.25) is 0 Å². The van der Waals surface area contributed by atoms with Crippen molar-refractivity contribution in [3.8, 4) is 0 Å². The van der Waals surface area contributed by atoms with Gasteiger partial charge in [0.1, 0.15) is 0 Å². The molecule has 0 rings (SSSR count). The van der Waals surface area contributed by atoms with E-state index in [1.165, 1.54) is 0 Å². The van der Waals surface area contributed by atoms with Gasteiger partial charge < -0.3 is 5.11 Å². The van der Waals surface area contributed by atoms with Crippen LogP contribution in [-0.2, 0) is 0 Å². The molecule has 0 aliphatic rings. The van der Waals surface area contributed by atoms with Crippen molar-refractivity contribution in [3.05, 3.63) is 0 Å². The molecule has 0 aliphatic heterocycles. The number of aliphatic hydroxyl groups excluding tert-OH is 1. The van der Waals surface area contributed by atoms with Gasteiger partial charge in [-0.05, 0) is 35.1 Å². The van der Waals surface area contributed by atoms with Gasteiger partial charge in [0.05, 0.1) is 12.3 Å². The zero-order valence-corrected chi connectivity index (χ0v) is 7.50. The Morgan fingerprint density at radius 3 is 1.30 bits per heavy atom. The topological polar surface area (TPSA) is 26.7 Å². The van der Waals surface area contributed by atoms with Gasteiger partial charge in [-0.15, -0.1) is 0 Å². The highest BCUT2D eigenvalue weighted by atomic mass is 16.3. The second-order valence-corrected chi connectivity index (χ2v) is 3.08. The molecule has 0 heterocycles. The molecule has 1 N–H and O–H groups in total. The molecule has 1 unspecified atom stereocenters. The van der Waals surface area contributed by atoms with Crippen molar-refractivity contribution in [2.45, 2.75) is 19.2 Å². The van der Waals surface area contributed by atoms with Crippen molar-refractivity contribution >= 4 is 0 Å². The third kappa shape index (κ3) is 2.64. The van der Waals surface area contributed by atoms with E-state index in [-0.39, 0.29) is 12.3 Å². The van der Waals surface area contributed by atoms with Gasteiger partial charge in [-0.25, -0.2) is 0 Å². The van der Waals surface area contributed by atoms with Gasteiger partial charge in [0.25, 0.3) is 0 Å². The van der Waals surface area contributed by atoms with Crippen LogP contribution in [0, 0.1) is 0 Å². The summed E-state index contributed by atoms with van der Waals surface area (Å²) < 4.78 is 0. The lowest BCUT2D eigenvalue weighted by Gasteiger charge is -2.32. The largest absolute Gasteiger partial charge is 0.390 e. The standard InChI is InChI=1S/C7H18N2O/c1-6(10)7(8(2)3)9(4)5/h6-7,10H,1-5H3. The lowest BCUT2D eigenvalue weighted by molar-refractivity contribution is 0.00859. The van der Waals surface area contributed by atoms with E-state index in [0.29, 0.717) is 0 Å². The Bertz CT molecular complexity index is 72.6. The van der Waals surface area contributed by atoms with E-state index in [1.54, 1.807) is 6.92 Å². The average Bonchev–Trinajstić information content (AvgIpc) is 1.59. The van der Waals surface area contributed by atoms with Gasteiger partial charge in [0, 0.05) is 0 Å². The van der Waals surface area contributed by atoms with E-state index in [2.05, 4.69) is 0 Å². The van der Waals surface area contributed by atoms with Crippen molar-refractivity contribution < 1.29 is 5.11 Å². The fourth-order valence-electron chi connectivity index (χ4n) is 1.32. The van der Waals surface area contributed by atoms with Crippen LogP contribution in [-0.4, -0.2) is 55.4 Å². The Kier molecular flexibility index (Phi) is 3.86. The Morgan fingerprint density at radius 2 is 1.30 bits per heavy atom. The van der Waals surface area contributed by atoms with Crippen molar-refractivity contribution in [1.82, 2.24) is 9.80 Å². The second-order valence-electron chi connectivity index (χ2n) is 3.08. The fourth-order valence-corrected chi connectivity index (χ4v) is 1.32. The molecule has 0 fully saturated rings. The highest BCUT2D eigenvalue weighted by Crippen LogP contribution is 2.01. The lowest BCUT2D eigenvalue weighted by Crippen LogP contribution is -2.47. The zero-order valence-electron chi connectivity index (χ0n) is 7.50. The summed E-state index contributed by atoms with van der Waals surface area (Å²) in [5.41, 5.74) is 0. The third-order valence-corrected chi connectivity index (χ3v) is 1.49. The number of hydrogen-bond acceptors (Lipinski definition) is 3. The highest BCUT2D eigenvalue weighted by Gasteiger charge is 2.18. The SMILES string of the molecule is CC(O)C(N(C)C)N(C)C. The van der Waals surface area contributed by atoms with E-state index < -0.39 is 0 Å². The van der Waals surface area contributed by atoms with Crippen molar-refractivity contribution in [3.63, 3.8) is 0 Å². The quantitative estimate of drug-likeness (QED) is 0.559. The lowest BCUT2D eigenvalue weighted by atomic mass is 10.3. The summed E-state index contributed by atoms with van der Waals surface area (Å²) in [7, 11) is 7.82. The number of nitrogens with zero attached hydrogens (tertiary/aromatic N) is 2. The molecule has 0 aromatic rings. The Morgan fingerprint density at radius 1 is 1.00 bits per heavy atom. The minimum absolute atomic E-state index is 0.111. The van der Waals surface area contributed by atoms with Gasteiger partial charge in [-0.3, -0.25) is 9.80 Å². The summed E-state index contributed by atoms with van der Waals surface area (Å²) in [6.45, 7) is 1.80. The van der Waals surface area contributed by atoms with E-state index in [1.807, 2.05) is 38.0 Å². The monoisotopic (exact) mass is 146 g/mol. The summed E-state index contributed by atoms with van der Waals surface area (Å²) >= 11 is 0. The van der Waals surface area contributed by atoms with E-state index >= 15 is 0 Å². The molecule has 0 saturated heterocycles. The Labute approximate surface area is 63.2 Å². The molecule has 0 spiro atoms. The first-order valence-corrected chi connectivity index (χ1v) is 3.47. The summed E-state index contributed by atoms with van der Waals surface area (Å²) in [6.07, 6.45) is -0.204. The number of aliphatic hydroxyl groups is 1. The van der Waals surface area contributed by atoms with Crippen LogP contribution in [0.4, 0.5) is 0 Å². The average molecular weight is 146 g/mol. The first-order chi connectivity index (χ1) is 4.46. The van der Waals surface area contributed by atoms with Crippen LogP contribution < -0.4 is 0 Å². The van der Waals surface area contributed by atoms with Crippen LogP contribution in [0.5, 0.6) is 0 Å². The van der Waals surface area contributed by atoms with E-state index in [4.69, 9.17) is 0 Å². The predicted molar refractivity (Wildman–Crippen MR) is 42.8 cm³/mol. The minimum atomic E-state index is -0.315. The molecule has 62 valence electrons. The molecule has 0 amide bonds. The van der Waals surface area contributed by atoms with Crippen LogP contribution in [0.1, 0.15) is 6.92 Å². The second kappa shape index (κ2) is 3.91. The van der Waals surface area contributed by atoms with Crippen LogP contribution in [0.25, 0.3) is 0 Å². The molecule has 0 saturated carbocycles. The summed E-state index contributed by atoms with van der Waals surface area (Å²) in [6, 6.07) is 0. The Hall–Kier alpha value is -0.120.